The Labute approximate surface area is 218 Å². The molecule has 2 heterocycles. The van der Waals surface area contributed by atoms with E-state index in [0.29, 0.717) is 23.8 Å². The zero-order valence-corrected chi connectivity index (χ0v) is 23.0. The van der Waals surface area contributed by atoms with Gasteiger partial charge in [-0.25, -0.2) is 0 Å². The van der Waals surface area contributed by atoms with Crippen LogP contribution in [0.5, 0.6) is 0 Å². The number of aliphatic hydroxyl groups is 1. The van der Waals surface area contributed by atoms with Crippen LogP contribution in [0.15, 0.2) is 23.0 Å². The molecule has 1 aliphatic heterocycles. The first-order chi connectivity index (χ1) is 17.2. The van der Waals surface area contributed by atoms with Crippen LogP contribution in [0.4, 0.5) is 0 Å². The van der Waals surface area contributed by atoms with Gasteiger partial charge >= 0.3 is 0 Å². The lowest BCUT2D eigenvalue weighted by Crippen LogP contribution is -2.59. The number of fused-ring (bicyclic) bond motifs is 5. The summed E-state index contributed by atoms with van der Waals surface area (Å²) in [6.45, 7) is 10.4. The number of ether oxygens (including phenoxy) is 1. The fourth-order valence-corrected chi connectivity index (χ4v) is 10.7. The molecule has 0 bridgehead atoms. The molecular formula is C31H50N2O3. The van der Waals surface area contributed by atoms with Crippen molar-refractivity contribution in [3.63, 3.8) is 0 Å². The van der Waals surface area contributed by atoms with Crippen LogP contribution < -0.4 is 5.73 Å². The molecule has 5 fully saturated rings. The fraction of sp³-hybridized carbons (Fsp3) is 0.871. The van der Waals surface area contributed by atoms with E-state index in [1.807, 2.05) is 6.07 Å². The van der Waals surface area contributed by atoms with Gasteiger partial charge in [-0.3, -0.25) is 4.90 Å². The predicted octanol–water partition coefficient (Wildman–Crippen LogP) is 6.06. The molecule has 5 heteroatoms. The van der Waals surface area contributed by atoms with E-state index >= 15 is 0 Å². The highest BCUT2D eigenvalue weighted by molar-refractivity contribution is 5.26. The minimum absolute atomic E-state index is 0.0645. The first-order valence-corrected chi connectivity index (χ1v) is 15.1. The second-order valence-corrected chi connectivity index (χ2v) is 13.9. The standard InChI is InChI=1S/C31H50N2O3/c1-22(33-17-4-5-18-33)36-30(15-16-32)13-8-23-6-7-25-26(28(23,2)21-30)9-12-29(3)27(25)10-14-31(29,34)24-11-19-35-20-24/h11,19-20,22-23,25-27,34H,4-10,12-18,21,32H2,1-3H3/t22?,23?,25-,26-,27+,28+,29+,30?,31?/m1/s1. The van der Waals surface area contributed by atoms with Gasteiger partial charge in [0.05, 0.1) is 23.7 Å². The van der Waals surface area contributed by atoms with Crippen LogP contribution in [0, 0.1) is 34.5 Å². The Morgan fingerprint density at radius 1 is 1.08 bits per heavy atom. The van der Waals surface area contributed by atoms with E-state index in [1.165, 1.54) is 58.0 Å². The SMILES string of the molecule is CC(OC1(CCN)CCC2CC[C@@H]3[C@@H](CC[C@@]4(C)[C@H]3CCC4(O)c3ccoc3)[C@@]2(C)C1)N1CCCC1. The largest absolute Gasteiger partial charge is 0.472 e. The second-order valence-electron chi connectivity index (χ2n) is 13.9. The molecule has 4 aliphatic carbocycles. The number of nitrogens with two attached hydrogens (primary N) is 1. The Balaban J connectivity index is 1.26. The van der Waals surface area contributed by atoms with Crippen LogP contribution in [-0.2, 0) is 10.3 Å². The van der Waals surface area contributed by atoms with Gasteiger partial charge in [-0.1, -0.05) is 13.8 Å². The lowest BCUT2D eigenvalue weighted by Gasteiger charge is -2.63. The molecule has 4 unspecified atom stereocenters. The molecule has 0 radical (unpaired) electrons. The minimum atomic E-state index is -0.752. The molecule has 9 atom stereocenters. The average molecular weight is 499 g/mol. The van der Waals surface area contributed by atoms with Gasteiger partial charge in [0, 0.05) is 24.1 Å². The van der Waals surface area contributed by atoms with Gasteiger partial charge in [0.1, 0.15) is 6.23 Å². The van der Waals surface area contributed by atoms with Crippen molar-refractivity contribution in [3.8, 4) is 0 Å². The van der Waals surface area contributed by atoms with Gasteiger partial charge in [0.2, 0.25) is 0 Å². The Hall–Kier alpha value is -0.880. The topological polar surface area (TPSA) is 71.9 Å². The van der Waals surface area contributed by atoms with Crippen molar-refractivity contribution in [2.75, 3.05) is 19.6 Å². The highest BCUT2D eigenvalue weighted by atomic mass is 16.5. The summed E-state index contributed by atoms with van der Waals surface area (Å²) >= 11 is 0. The van der Waals surface area contributed by atoms with Crippen molar-refractivity contribution in [3.05, 3.63) is 24.2 Å². The number of rotatable bonds is 6. The summed E-state index contributed by atoms with van der Waals surface area (Å²) in [5, 5.41) is 12.1. The number of hydrogen-bond acceptors (Lipinski definition) is 5. The highest BCUT2D eigenvalue weighted by Gasteiger charge is 2.66. The molecule has 6 rings (SSSR count). The quantitative estimate of drug-likeness (QED) is 0.499. The maximum atomic E-state index is 12.1. The molecule has 36 heavy (non-hydrogen) atoms. The smallest absolute Gasteiger partial charge is 0.108 e. The summed E-state index contributed by atoms with van der Waals surface area (Å²) in [4.78, 5) is 2.54. The van der Waals surface area contributed by atoms with Crippen molar-refractivity contribution in [1.82, 2.24) is 4.90 Å². The van der Waals surface area contributed by atoms with Gasteiger partial charge < -0.3 is 20.0 Å². The molecule has 5 aliphatic rings. The van der Waals surface area contributed by atoms with E-state index in [-0.39, 0.29) is 17.2 Å². The Morgan fingerprint density at radius 3 is 2.58 bits per heavy atom. The van der Waals surface area contributed by atoms with Crippen molar-refractivity contribution in [2.24, 2.45) is 40.2 Å². The van der Waals surface area contributed by atoms with Crippen molar-refractivity contribution in [1.29, 1.82) is 0 Å². The van der Waals surface area contributed by atoms with Crippen LogP contribution >= 0.6 is 0 Å². The minimum Gasteiger partial charge on any atom is -0.472 e. The molecule has 5 nitrogen and oxygen atoms in total. The van der Waals surface area contributed by atoms with E-state index in [2.05, 4.69) is 25.7 Å². The van der Waals surface area contributed by atoms with E-state index in [1.54, 1.807) is 12.5 Å². The summed E-state index contributed by atoms with van der Waals surface area (Å²) in [6, 6.07) is 2.00. The number of nitrogens with zero attached hydrogens (tertiary/aromatic N) is 1. The van der Waals surface area contributed by atoms with Gasteiger partial charge in [0.15, 0.2) is 0 Å². The van der Waals surface area contributed by atoms with Gasteiger partial charge in [-0.2, -0.15) is 0 Å². The predicted molar refractivity (Wildman–Crippen MR) is 142 cm³/mol. The molecule has 0 amide bonds. The molecule has 1 saturated heterocycles. The van der Waals surface area contributed by atoms with E-state index in [9.17, 15) is 5.11 Å². The monoisotopic (exact) mass is 498 g/mol. The van der Waals surface area contributed by atoms with Gasteiger partial charge in [-0.15, -0.1) is 0 Å². The molecule has 4 saturated carbocycles. The van der Waals surface area contributed by atoms with Gasteiger partial charge in [-0.05, 0) is 126 Å². The van der Waals surface area contributed by atoms with Crippen LogP contribution in [0.2, 0.25) is 0 Å². The molecule has 0 spiro atoms. The highest BCUT2D eigenvalue weighted by Crippen LogP contribution is 2.70. The van der Waals surface area contributed by atoms with Crippen LogP contribution in [0.25, 0.3) is 0 Å². The normalized spacial score (nSPS) is 47.8. The molecule has 3 N–H and O–H groups in total. The zero-order valence-electron chi connectivity index (χ0n) is 23.0. The lowest BCUT2D eigenvalue weighted by atomic mass is 9.43. The molecule has 0 aromatic carbocycles. The number of likely N-dealkylation sites (tertiary alicyclic amines) is 1. The summed E-state index contributed by atoms with van der Waals surface area (Å²) in [7, 11) is 0. The molecule has 1 aromatic heterocycles. The Morgan fingerprint density at radius 2 is 1.86 bits per heavy atom. The second kappa shape index (κ2) is 9.10. The van der Waals surface area contributed by atoms with E-state index in [0.717, 1.165) is 49.5 Å². The first kappa shape index (κ1) is 25.4. The van der Waals surface area contributed by atoms with Crippen LogP contribution in [0.1, 0.15) is 103 Å². The first-order valence-electron chi connectivity index (χ1n) is 15.1. The molecule has 1 aromatic rings. The average Bonchev–Trinajstić information content (AvgIpc) is 3.61. The fourth-order valence-electron chi connectivity index (χ4n) is 10.7. The number of hydrogen-bond donors (Lipinski definition) is 2. The maximum Gasteiger partial charge on any atom is 0.108 e. The third-order valence-electron chi connectivity index (χ3n) is 12.5. The Bertz CT molecular complexity index is 915. The van der Waals surface area contributed by atoms with Crippen LogP contribution in [-0.4, -0.2) is 41.5 Å². The van der Waals surface area contributed by atoms with Crippen molar-refractivity contribution < 1.29 is 14.3 Å². The summed E-state index contributed by atoms with van der Waals surface area (Å²) in [5.74, 6) is 2.82. The van der Waals surface area contributed by atoms with Crippen LogP contribution in [0.3, 0.4) is 0 Å². The molecular weight excluding hydrogens is 448 g/mol. The maximum absolute atomic E-state index is 12.1. The number of furan rings is 1. The lowest BCUT2D eigenvalue weighted by molar-refractivity contribution is -0.217. The van der Waals surface area contributed by atoms with E-state index < -0.39 is 5.60 Å². The summed E-state index contributed by atoms with van der Waals surface area (Å²) in [6.07, 6.45) is 17.9. The third-order valence-corrected chi connectivity index (χ3v) is 12.5. The zero-order chi connectivity index (χ0) is 25.2. The summed E-state index contributed by atoms with van der Waals surface area (Å²) < 4.78 is 12.5. The van der Waals surface area contributed by atoms with E-state index in [4.69, 9.17) is 14.9 Å². The Kier molecular flexibility index (Phi) is 6.42. The van der Waals surface area contributed by atoms with Crippen molar-refractivity contribution >= 4 is 0 Å². The molecule has 202 valence electrons. The summed E-state index contributed by atoms with van der Waals surface area (Å²) in [5.41, 5.74) is 6.65. The third kappa shape index (κ3) is 3.70. The van der Waals surface area contributed by atoms with Gasteiger partial charge in [0.25, 0.3) is 0 Å². The van der Waals surface area contributed by atoms with Crippen molar-refractivity contribution in [2.45, 2.75) is 115 Å².